The van der Waals surface area contributed by atoms with E-state index >= 15 is 0 Å². The van der Waals surface area contributed by atoms with Gasteiger partial charge in [0.1, 0.15) is 0 Å². The molecule has 0 bridgehead atoms. The van der Waals surface area contributed by atoms with Gasteiger partial charge < -0.3 is 0 Å². The standard InChI is InChI=1S/C23H23AsClN3O/c1-29-17-11-12-20-18(14-17)23(27-21-5-3-2-4-19(21)24)28-22(26-20)13-8-15-6-9-16(25)10-7-15/h6-14,19,21H,2-5H2,1H3,(H,26,27,28)/t19-,21+/m1/s1. The Kier molecular flexibility index (Phi) is 6.42. The molecule has 1 heterocycles. The summed E-state index contributed by atoms with van der Waals surface area (Å²) in [5, 5.41) is 5.41. The number of aromatic nitrogens is 2. The molecule has 1 fully saturated rings. The molecule has 0 aliphatic heterocycles. The number of ether oxygens (including phenoxy) is 1. The maximum absolute atomic E-state index is 5.98. The molecule has 148 valence electrons. The third-order valence-electron chi connectivity index (χ3n) is 5.27. The SMILES string of the molecule is COc1ccc2nc(C=Cc3ccc(Cl)cc3)nc(N[C@H]3CCCC[C@H]3[As])c2c1. The van der Waals surface area contributed by atoms with E-state index in [2.05, 4.69) is 22.2 Å². The molecule has 0 saturated heterocycles. The molecule has 1 aliphatic carbocycles. The molecule has 1 aliphatic rings. The summed E-state index contributed by atoms with van der Waals surface area (Å²) in [7, 11) is 1.68. The number of hydrogen-bond acceptors (Lipinski definition) is 4. The Bertz CT molecular complexity index is 1020. The van der Waals surface area contributed by atoms with Crippen molar-refractivity contribution in [2.45, 2.75) is 36.4 Å². The molecule has 1 saturated carbocycles. The first kappa shape index (κ1) is 20.2. The topological polar surface area (TPSA) is 47.0 Å². The monoisotopic (exact) mass is 467 g/mol. The zero-order valence-electron chi connectivity index (χ0n) is 16.3. The molecule has 4 rings (SSSR count). The average Bonchev–Trinajstić information content (AvgIpc) is 2.74. The van der Waals surface area contributed by atoms with E-state index in [-0.39, 0.29) is 0 Å². The number of fused-ring (bicyclic) bond motifs is 1. The van der Waals surface area contributed by atoms with Gasteiger partial charge in [0.25, 0.3) is 0 Å². The van der Waals surface area contributed by atoms with Gasteiger partial charge in [-0.3, -0.25) is 0 Å². The van der Waals surface area contributed by atoms with Crippen molar-refractivity contribution in [3.63, 3.8) is 0 Å². The molecule has 1 aromatic heterocycles. The van der Waals surface area contributed by atoms with Crippen molar-refractivity contribution in [1.29, 1.82) is 0 Å². The fraction of sp³-hybridized carbons (Fsp3) is 0.304. The molecule has 0 amide bonds. The van der Waals surface area contributed by atoms with Crippen molar-refractivity contribution in [1.82, 2.24) is 9.97 Å². The first-order valence-corrected chi connectivity index (χ1v) is 11.3. The third kappa shape index (κ3) is 4.94. The summed E-state index contributed by atoms with van der Waals surface area (Å²) < 4.78 is 5.99. The van der Waals surface area contributed by atoms with E-state index < -0.39 is 0 Å². The number of halogens is 1. The molecular weight excluding hydrogens is 445 g/mol. The van der Waals surface area contributed by atoms with Crippen molar-refractivity contribution in [3.8, 4) is 5.75 Å². The molecule has 29 heavy (non-hydrogen) atoms. The Morgan fingerprint density at radius 3 is 2.62 bits per heavy atom. The zero-order chi connectivity index (χ0) is 20.2. The first-order chi connectivity index (χ1) is 14.1. The summed E-state index contributed by atoms with van der Waals surface area (Å²) >= 11 is 8.80. The van der Waals surface area contributed by atoms with Gasteiger partial charge in [0.15, 0.2) is 0 Å². The van der Waals surface area contributed by atoms with E-state index in [1.165, 1.54) is 19.3 Å². The Hall–Kier alpha value is -2.03. The molecule has 1 N–H and O–H groups in total. The minimum absolute atomic E-state index is 0.404. The van der Waals surface area contributed by atoms with Crippen molar-refractivity contribution in [2.75, 3.05) is 12.4 Å². The van der Waals surface area contributed by atoms with E-state index in [1.54, 1.807) is 7.11 Å². The van der Waals surface area contributed by atoms with Crippen molar-refractivity contribution in [2.24, 2.45) is 0 Å². The predicted molar refractivity (Wildman–Crippen MR) is 122 cm³/mol. The van der Waals surface area contributed by atoms with Crippen LogP contribution in [0.4, 0.5) is 5.82 Å². The second-order valence-corrected chi connectivity index (χ2v) is 9.13. The van der Waals surface area contributed by atoms with Crippen molar-refractivity contribution in [3.05, 3.63) is 58.9 Å². The summed E-state index contributed by atoms with van der Waals surface area (Å²) in [5.74, 6) is 2.35. The van der Waals surface area contributed by atoms with Crippen molar-refractivity contribution >= 4 is 57.3 Å². The van der Waals surface area contributed by atoms with E-state index in [4.69, 9.17) is 26.3 Å². The van der Waals surface area contributed by atoms with Crippen LogP contribution < -0.4 is 10.1 Å². The van der Waals surface area contributed by atoms with Crippen LogP contribution in [0.2, 0.25) is 9.73 Å². The molecule has 2 aromatic carbocycles. The summed E-state index contributed by atoms with van der Waals surface area (Å²) in [6, 6.07) is 14.0. The maximum atomic E-state index is 5.98. The van der Waals surface area contributed by atoms with Gasteiger partial charge in [-0.05, 0) is 0 Å². The van der Waals surface area contributed by atoms with Gasteiger partial charge in [0, 0.05) is 0 Å². The predicted octanol–water partition coefficient (Wildman–Crippen LogP) is 5.77. The average molecular weight is 468 g/mol. The molecule has 3 aromatic rings. The fourth-order valence-electron chi connectivity index (χ4n) is 3.64. The van der Waals surface area contributed by atoms with Crippen LogP contribution in [0.25, 0.3) is 23.1 Å². The Balaban J connectivity index is 1.70. The molecular formula is C23H23AsClN3O. The van der Waals surface area contributed by atoms with Crippen LogP contribution in [0.15, 0.2) is 42.5 Å². The molecule has 2 radical (unpaired) electrons. The van der Waals surface area contributed by atoms with E-state index in [1.807, 2.05) is 54.6 Å². The van der Waals surface area contributed by atoms with Crippen LogP contribution >= 0.6 is 11.6 Å². The van der Waals surface area contributed by atoms with Gasteiger partial charge in [0.2, 0.25) is 0 Å². The van der Waals surface area contributed by atoms with Crippen LogP contribution in [0.3, 0.4) is 0 Å². The van der Waals surface area contributed by atoms with E-state index in [0.29, 0.717) is 16.6 Å². The minimum atomic E-state index is 0.404. The summed E-state index contributed by atoms with van der Waals surface area (Å²) in [4.78, 5) is 9.57. The number of nitrogens with zero attached hydrogens (tertiary/aromatic N) is 2. The molecule has 6 heteroatoms. The molecule has 0 unspecified atom stereocenters. The van der Waals surface area contributed by atoms with Crippen LogP contribution in [-0.4, -0.2) is 40.0 Å². The Morgan fingerprint density at radius 1 is 1.07 bits per heavy atom. The Labute approximate surface area is 185 Å². The summed E-state index contributed by atoms with van der Waals surface area (Å²) in [5.41, 5.74) is 1.96. The summed E-state index contributed by atoms with van der Waals surface area (Å²) in [6.07, 6.45) is 8.88. The third-order valence-corrected chi connectivity index (χ3v) is 6.82. The fourth-order valence-corrected chi connectivity index (χ4v) is 4.62. The second kappa shape index (κ2) is 9.19. The normalized spacial score (nSPS) is 19.6. The van der Waals surface area contributed by atoms with Gasteiger partial charge in [0.05, 0.1) is 0 Å². The number of rotatable bonds is 5. The quantitative estimate of drug-likeness (QED) is 0.484. The van der Waals surface area contributed by atoms with Gasteiger partial charge in [-0.25, -0.2) is 0 Å². The van der Waals surface area contributed by atoms with Crippen LogP contribution in [0.5, 0.6) is 5.75 Å². The molecule has 4 nitrogen and oxygen atoms in total. The first-order valence-electron chi connectivity index (χ1n) is 9.86. The van der Waals surface area contributed by atoms with Crippen LogP contribution in [0.1, 0.15) is 37.1 Å². The van der Waals surface area contributed by atoms with E-state index in [9.17, 15) is 0 Å². The second-order valence-electron chi connectivity index (χ2n) is 7.30. The number of benzene rings is 2. The van der Waals surface area contributed by atoms with E-state index in [0.717, 1.165) is 39.5 Å². The summed E-state index contributed by atoms with van der Waals surface area (Å²) in [6.45, 7) is 0. The number of anilines is 1. The van der Waals surface area contributed by atoms with Crippen molar-refractivity contribution < 1.29 is 4.74 Å². The number of hydrogen-bond donors (Lipinski definition) is 1. The molecule has 2 atom stereocenters. The zero-order valence-corrected chi connectivity index (χ0v) is 18.9. The van der Waals surface area contributed by atoms with Gasteiger partial charge in [-0.15, -0.1) is 0 Å². The van der Waals surface area contributed by atoms with Crippen LogP contribution in [-0.2, 0) is 0 Å². The van der Waals surface area contributed by atoms with Gasteiger partial charge in [-0.2, -0.15) is 0 Å². The number of nitrogens with one attached hydrogen (secondary N) is 1. The van der Waals surface area contributed by atoms with Gasteiger partial charge in [-0.1, -0.05) is 11.6 Å². The van der Waals surface area contributed by atoms with Gasteiger partial charge >= 0.3 is 174 Å². The Morgan fingerprint density at radius 2 is 1.86 bits per heavy atom. The van der Waals surface area contributed by atoms with Crippen LogP contribution in [0, 0.1) is 0 Å². The molecule has 0 spiro atoms. The number of methoxy groups -OCH3 is 1.